The molecule has 0 aromatic rings. The third-order valence-corrected chi connectivity index (χ3v) is 4.45. The number of carbonyl (C=O) groups excluding carboxylic acids is 1. The van der Waals surface area contributed by atoms with E-state index in [0.717, 1.165) is 4.90 Å². The molecule has 0 spiro atoms. The first-order chi connectivity index (χ1) is 8.92. The molecule has 20 heavy (non-hydrogen) atoms. The number of halogens is 3. The van der Waals surface area contributed by atoms with E-state index in [4.69, 9.17) is 5.11 Å². The zero-order valence-corrected chi connectivity index (χ0v) is 11.1. The fraction of sp³-hybridized carbons (Fsp3) is 0.833. The Morgan fingerprint density at radius 2 is 1.80 bits per heavy atom. The summed E-state index contributed by atoms with van der Waals surface area (Å²) >= 11 is 0. The number of amides is 1. The summed E-state index contributed by atoms with van der Waals surface area (Å²) in [5.74, 6) is -3.45. The van der Waals surface area contributed by atoms with Crippen molar-refractivity contribution in [3.05, 3.63) is 0 Å². The summed E-state index contributed by atoms with van der Waals surface area (Å²) < 4.78 is 38.0. The molecule has 2 fully saturated rings. The van der Waals surface area contributed by atoms with Crippen LogP contribution in [0.4, 0.5) is 13.2 Å². The Kier molecular flexibility index (Phi) is 3.09. The van der Waals surface area contributed by atoms with E-state index in [1.807, 2.05) is 0 Å². The van der Waals surface area contributed by atoms with Crippen molar-refractivity contribution in [1.82, 2.24) is 4.90 Å². The fourth-order valence-electron chi connectivity index (χ4n) is 2.97. The maximum atomic E-state index is 12.7. The molecule has 2 rings (SSSR count). The van der Waals surface area contributed by atoms with Crippen molar-refractivity contribution < 1.29 is 33.0 Å². The van der Waals surface area contributed by atoms with Crippen molar-refractivity contribution in [2.24, 2.45) is 17.3 Å². The summed E-state index contributed by atoms with van der Waals surface area (Å²) in [6.45, 7) is 2.16. The standard InChI is InChI=1S/C12H16F3NO4/c1-10(2)6(7(10)9(18)19)8(17)16-4-3-11(20,5-16)12(13,14)15/h6-7,20H,3-5H2,1-2H3,(H,18,19)/t6-,7+,11?/m1/s1. The topological polar surface area (TPSA) is 77.8 Å². The SMILES string of the molecule is CC1(C)[C@H](C(=O)O)[C@@H]1C(=O)N1CCC(O)(C(F)(F)F)C1. The molecule has 0 aromatic heterocycles. The molecule has 1 aliphatic heterocycles. The number of alkyl halides is 3. The van der Waals surface area contributed by atoms with E-state index in [2.05, 4.69) is 0 Å². The van der Waals surface area contributed by atoms with E-state index in [9.17, 15) is 27.9 Å². The molecule has 2 N–H and O–H groups in total. The highest BCUT2D eigenvalue weighted by atomic mass is 19.4. The van der Waals surface area contributed by atoms with E-state index < -0.39 is 53.9 Å². The lowest BCUT2D eigenvalue weighted by molar-refractivity contribution is -0.253. The minimum absolute atomic E-state index is 0.215. The van der Waals surface area contributed by atoms with Gasteiger partial charge in [0.25, 0.3) is 0 Å². The number of rotatable bonds is 2. The second-order valence-electron chi connectivity index (χ2n) is 6.15. The highest BCUT2D eigenvalue weighted by molar-refractivity contribution is 5.91. The summed E-state index contributed by atoms with van der Waals surface area (Å²) in [4.78, 5) is 24.0. The molecule has 0 bridgehead atoms. The van der Waals surface area contributed by atoms with Crippen molar-refractivity contribution in [1.29, 1.82) is 0 Å². The number of carboxylic acids is 1. The molecule has 5 nitrogen and oxygen atoms in total. The van der Waals surface area contributed by atoms with E-state index in [0.29, 0.717) is 0 Å². The van der Waals surface area contributed by atoms with Gasteiger partial charge in [0.05, 0.1) is 18.4 Å². The van der Waals surface area contributed by atoms with Crippen LogP contribution in [0.2, 0.25) is 0 Å². The van der Waals surface area contributed by atoms with Gasteiger partial charge in [-0.3, -0.25) is 9.59 Å². The van der Waals surface area contributed by atoms with Gasteiger partial charge < -0.3 is 15.1 Å². The molecule has 1 amide bonds. The van der Waals surface area contributed by atoms with Crippen LogP contribution in [0.1, 0.15) is 20.3 Å². The molecule has 1 aliphatic carbocycles. The van der Waals surface area contributed by atoms with Crippen LogP contribution in [0.15, 0.2) is 0 Å². The van der Waals surface area contributed by atoms with Crippen molar-refractivity contribution >= 4 is 11.9 Å². The first-order valence-corrected chi connectivity index (χ1v) is 6.22. The van der Waals surface area contributed by atoms with E-state index >= 15 is 0 Å². The molecule has 3 atom stereocenters. The van der Waals surface area contributed by atoms with Crippen LogP contribution >= 0.6 is 0 Å². The van der Waals surface area contributed by atoms with Crippen LogP contribution in [0.5, 0.6) is 0 Å². The third kappa shape index (κ3) is 2.06. The van der Waals surface area contributed by atoms with E-state index in [1.165, 1.54) is 0 Å². The third-order valence-electron chi connectivity index (χ3n) is 4.45. The minimum atomic E-state index is -4.80. The number of hydrogen-bond acceptors (Lipinski definition) is 3. The monoisotopic (exact) mass is 295 g/mol. The van der Waals surface area contributed by atoms with Gasteiger partial charge in [-0.05, 0) is 5.41 Å². The summed E-state index contributed by atoms with van der Waals surface area (Å²) in [6.07, 6.45) is -5.37. The normalized spacial score (nSPS) is 36.0. The average molecular weight is 295 g/mol. The molecular weight excluding hydrogens is 279 g/mol. The van der Waals surface area contributed by atoms with Gasteiger partial charge in [-0.2, -0.15) is 13.2 Å². The number of aliphatic hydroxyl groups is 1. The highest BCUT2D eigenvalue weighted by Gasteiger charge is 2.68. The number of aliphatic carboxylic acids is 1. The molecule has 2 aliphatic rings. The predicted octanol–water partition coefficient (Wildman–Crippen LogP) is 0.869. The van der Waals surface area contributed by atoms with Crippen LogP contribution in [-0.4, -0.2) is 51.9 Å². The molecule has 1 saturated heterocycles. The molecular formula is C12H16F3NO4. The molecule has 1 unspecified atom stereocenters. The summed E-state index contributed by atoms with van der Waals surface area (Å²) in [5, 5.41) is 18.5. The largest absolute Gasteiger partial charge is 0.481 e. The minimum Gasteiger partial charge on any atom is -0.481 e. The Bertz CT molecular complexity index is 462. The van der Waals surface area contributed by atoms with Crippen LogP contribution < -0.4 is 0 Å². The number of β-amino-alcohol motifs (C(OH)–C–C–N with tert-alkyl or cyclic N) is 1. The van der Waals surface area contributed by atoms with E-state index in [-0.39, 0.29) is 6.54 Å². The van der Waals surface area contributed by atoms with E-state index in [1.54, 1.807) is 13.8 Å². The summed E-state index contributed by atoms with van der Waals surface area (Å²) in [6, 6.07) is 0. The van der Waals surface area contributed by atoms with Gasteiger partial charge in [-0.25, -0.2) is 0 Å². The van der Waals surface area contributed by atoms with Crippen molar-refractivity contribution in [3.8, 4) is 0 Å². The maximum absolute atomic E-state index is 12.7. The van der Waals surface area contributed by atoms with Crippen LogP contribution in [-0.2, 0) is 9.59 Å². The van der Waals surface area contributed by atoms with Crippen molar-refractivity contribution in [3.63, 3.8) is 0 Å². The van der Waals surface area contributed by atoms with Gasteiger partial charge in [0.15, 0.2) is 5.60 Å². The van der Waals surface area contributed by atoms with Gasteiger partial charge in [0.2, 0.25) is 5.91 Å². The zero-order valence-electron chi connectivity index (χ0n) is 11.1. The van der Waals surface area contributed by atoms with Gasteiger partial charge in [-0.15, -0.1) is 0 Å². The van der Waals surface area contributed by atoms with Crippen LogP contribution in [0, 0.1) is 17.3 Å². The Balaban J connectivity index is 2.09. The van der Waals surface area contributed by atoms with Crippen molar-refractivity contribution in [2.75, 3.05) is 13.1 Å². The Morgan fingerprint density at radius 3 is 2.15 bits per heavy atom. The maximum Gasteiger partial charge on any atom is 0.419 e. The lowest BCUT2D eigenvalue weighted by atomic mass is 10.0. The molecule has 0 radical (unpaired) electrons. The summed E-state index contributed by atoms with van der Waals surface area (Å²) in [5.41, 5.74) is -3.65. The molecule has 8 heteroatoms. The van der Waals surface area contributed by atoms with Crippen molar-refractivity contribution in [2.45, 2.75) is 32.0 Å². The van der Waals surface area contributed by atoms with Gasteiger partial charge in [0.1, 0.15) is 0 Å². The molecule has 1 saturated carbocycles. The molecule has 0 aromatic carbocycles. The number of carbonyl (C=O) groups is 2. The first-order valence-electron chi connectivity index (χ1n) is 6.22. The predicted molar refractivity (Wildman–Crippen MR) is 60.6 cm³/mol. The molecule has 1 heterocycles. The number of nitrogens with zero attached hydrogens (tertiary/aromatic N) is 1. The Hall–Kier alpha value is -1.31. The lowest BCUT2D eigenvalue weighted by Gasteiger charge is -2.26. The zero-order chi connectivity index (χ0) is 15.5. The number of likely N-dealkylation sites (tertiary alicyclic amines) is 1. The van der Waals surface area contributed by atoms with Crippen LogP contribution in [0.25, 0.3) is 0 Å². The smallest absolute Gasteiger partial charge is 0.419 e. The van der Waals surface area contributed by atoms with Gasteiger partial charge in [0, 0.05) is 13.0 Å². The Labute approximate surface area is 113 Å². The average Bonchev–Trinajstić information content (AvgIpc) is 2.65. The number of hydrogen-bond donors (Lipinski definition) is 2. The molecule has 114 valence electrons. The first kappa shape index (κ1) is 15.1. The highest BCUT2D eigenvalue weighted by Crippen LogP contribution is 2.59. The summed E-state index contributed by atoms with van der Waals surface area (Å²) in [7, 11) is 0. The quantitative estimate of drug-likeness (QED) is 0.792. The second kappa shape index (κ2) is 4.09. The lowest BCUT2D eigenvalue weighted by Crippen LogP contribution is -2.48. The van der Waals surface area contributed by atoms with Gasteiger partial charge in [-0.1, -0.05) is 13.8 Å². The Morgan fingerprint density at radius 1 is 1.25 bits per heavy atom. The number of carboxylic acid groups (broad SMARTS) is 1. The fourth-order valence-corrected chi connectivity index (χ4v) is 2.97. The van der Waals surface area contributed by atoms with Gasteiger partial charge >= 0.3 is 12.1 Å². The van der Waals surface area contributed by atoms with Crippen LogP contribution in [0.3, 0.4) is 0 Å². The second-order valence-corrected chi connectivity index (χ2v) is 6.15.